The van der Waals surface area contributed by atoms with Gasteiger partial charge in [0.2, 0.25) is 0 Å². The van der Waals surface area contributed by atoms with E-state index in [-0.39, 0.29) is 5.91 Å². The molecule has 4 rings (SSSR count). The topological polar surface area (TPSA) is 51.2 Å². The first kappa shape index (κ1) is 18.4. The zero-order valence-corrected chi connectivity index (χ0v) is 17.0. The Morgan fingerprint density at radius 1 is 0.893 bits per heavy atom. The lowest BCUT2D eigenvalue weighted by Crippen LogP contribution is -2.11. The van der Waals surface area contributed by atoms with Gasteiger partial charge in [-0.1, -0.05) is 46.3 Å². The van der Waals surface area contributed by atoms with Crippen molar-refractivity contribution >= 4 is 38.3 Å². The summed E-state index contributed by atoms with van der Waals surface area (Å²) in [6.07, 6.45) is 0. The van der Waals surface area contributed by atoms with Crippen LogP contribution in [-0.4, -0.2) is 10.9 Å². The number of nitrogens with zero attached hydrogens (tertiary/aromatic N) is 1. The molecule has 0 spiro atoms. The highest BCUT2D eigenvalue weighted by atomic mass is 79.9. The lowest BCUT2D eigenvalue weighted by molar-refractivity contribution is 0.102. The van der Waals surface area contributed by atoms with Crippen LogP contribution in [0.15, 0.2) is 88.7 Å². The molecule has 0 bridgehead atoms. The molecule has 0 saturated heterocycles. The smallest absolute Gasteiger partial charge is 0.257 e. The fraction of sp³-hybridized carbons (Fsp3) is 0. The van der Waals surface area contributed by atoms with Gasteiger partial charge in [-0.05, 0) is 48.5 Å². The van der Waals surface area contributed by atoms with Gasteiger partial charge in [0.1, 0.15) is 11.5 Å². The van der Waals surface area contributed by atoms with Gasteiger partial charge in [-0.2, -0.15) is 0 Å². The van der Waals surface area contributed by atoms with E-state index in [1.165, 1.54) is 11.3 Å². The van der Waals surface area contributed by atoms with Crippen LogP contribution in [0.1, 0.15) is 10.4 Å². The van der Waals surface area contributed by atoms with E-state index in [4.69, 9.17) is 4.74 Å². The number of benzene rings is 3. The fourth-order valence-corrected chi connectivity index (χ4v) is 3.53. The molecule has 0 fully saturated rings. The molecule has 1 aromatic heterocycles. The van der Waals surface area contributed by atoms with E-state index in [0.717, 1.165) is 21.5 Å². The molecule has 1 N–H and O–H groups in total. The zero-order valence-electron chi connectivity index (χ0n) is 14.6. The molecule has 0 atom stereocenters. The van der Waals surface area contributed by atoms with E-state index in [2.05, 4.69) is 26.2 Å². The van der Waals surface area contributed by atoms with Crippen molar-refractivity contribution in [1.29, 1.82) is 0 Å². The summed E-state index contributed by atoms with van der Waals surface area (Å²) in [6.45, 7) is 0. The van der Waals surface area contributed by atoms with Crippen molar-refractivity contribution in [2.24, 2.45) is 0 Å². The number of anilines is 1. The Morgan fingerprint density at radius 3 is 2.29 bits per heavy atom. The molecule has 0 unspecified atom stereocenters. The third kappa shape index (κ3) is 4.47. The first-order valence-electron chi connectivity index (χ1n) is 8.53. The second kappa shape index (κ2) is 8.37. The van der Waals surface area contributed by atoms with Crippen molar-refractivity contribution < 1.29 is 9.53 Å². The second-order valence-electron chi connectivity index (χ2n) is 5.94. The summed E-state index contributed by atoms with van der Waals surface area (Å²) in [5.74, 6) is 1.22. The van der Waals surface area contributed by atoms with Crippen LogP contribution >= 0.6 is 27.3 Å². The van der Waals surface area contributed by atoms with Gasteiger partial charge in [0, 0.05) is 21.0 Å². The van der Waals surface area contributed by atoms with Crippen LogP contribution in [0.4, 0.5) is 5.13 Å². The highest BCUT2D eigenvalue weighted by Crippen LogP contribution is 2.27. The maximum absolute atomic E-state index is 12.5. The number of carbonyl (C=O) groups is 1. The average molecular weight is 451 g/mol. The minimum absolute atomic E-state index is 0.206. The minimum Gasteiger partial charge on any atom is -0.457 e. The van der Waals surface area contributed by atoms with Gasteiger partial charge in [-0.15, -0.1) is 11.3 Å². The molecular weight excluding hydrogens is 436 g/mol. The summed E-state index contributed by atoms with van der Waals surface area (Å²) in [7, 11) is 0. The molecular formula is C22H15BrN2O2S. The molecule has 1 heterocycles. The van der Waals surface area contributed by atoms with Crippen LogP contribution in [0.2, 0.25) is 0 Å². The molecule has 4 nitrogen and oxygen atoms in total. The van der Waals surface area contributed by atoms with Crippen molar-refractivity contribution in [2.75, 3.05) is 5.32 Å². The van der Waals surface area contributed by atoms with Crippen LogP contribution in [0.3, 0.4) is 0 Å². The molecule has 28 heavy (non-hydrogen) atoms. The van der Waals surface area contributed by atoms with Gasteiger partial charge in [-0.25, -0.2) is 4.98 Å². The molecule has 0 saturated carbocycles. The normalized spacial score (nSPS) is 10.5. The minimum atomic E-state index is -0.206. The molecule has 138 valence electrons. The van der Waals surface area contributed by atoms with E-state index in [1.807, 2.05) is 60.0 Å². The standard InChI is InChI=1S/C22H15BrN2O2S/c23-17-10-6-15(7-11-17)20-14-28-22(24-20)25-21(26)16-8-12-19(13-9-16)27-18-4-2-1-3-5-18/h1-14H,(H,24,25,26). The lowest BCUT2D eigenvalue weighted by atomic mass is 10.2. The Kier molecular flexibility index (Phi) is 5.50. The Hall–Kier alpha value is -2.96. The predicted molar refractivity (Wildman–Crippen MR) is 116 cm³/mol. The first-order valence-corrected chi connectivity index (χ1v) is 10.2. The summed E-state index contributed by atoms with van der Waals surface area (Å²) in [6, 6.07) is 24.4. The number of ether oxygens (including phenoxy) is 1. The maximum atomic E-state index is 12.5. The Bertz CT molecular complexity index is 1080. The molecule has 0 aliphatic rings. The SMILES string of the molecule is O=C(Nc1nc(-c2ccc(Br)cc2)cs1)c1ccc(Oc2ccccc2)cc1. The average Bonchev–Trinajstić information content (AvgIpc) is 3.18. The third-order valence-electron chi connectivity index (χ3n) is 3.96. The Balaban J connectivity index is 1.42. The third-order valence-corrected chi connectivity index (χ3v) is 5.25. The number of aromatic nitrogens is 1. The van der Waals surface area contributed by atoms with Crippen molar-refractivity contribution in [1.82, 2.24) is 4.98 Å². The van der Waals surface area contributed by atoms with E-state index in [9.17, 15) is 4.79 Å². The van der Waals surface area contributed by atoms with E-state index in [0.29, 0.717) is 16.4 Å². The highest BCUT2D eigenvalue weighted by Gasteiger charge is 2.10. The molecule has 4 aromatic rings. The van der Waals surface area contributed by atoms with Crippen molar-refractivity contribution in [3.8, 4) is 22.8 Å². The van der Waals surface area contributed by atoms with Crippen LogP contribution in [0.25, 0.3) is 11.3 Å². The first-order chi connectivity index (χ1) is 13.7. The van der Waals surface area contributed by atoms with Gasteiger partial charge in [0.15, 0.2) is 5.13 Å². The van der Waals surface area contributed by atoms with E-state index < -0.39 is 0 Å². The summed E-state index contributed by atoms with van der Waals surface area (Å²) in [5.41, 5.74) is 2.38. The largest absolute Gasteiger partial charge is 0.457 e. The number of thiazole rings is 1. The number of amides is 1. The number of hydrogen-bond acceptors (Lipinski definition) is 4. The van der Waals surface area contributed by atoms with Gasteiger partial charge in [-0.3, -0.25) is 10.1 Å². The van der Waals surface area contributed by atoms with Crippen molar-refractivity contribution in [3.05, 3.63) is 94.3 Å². The summed E-state index contributed by atoms with van der Waals surface area (Å²) in [4.78, 5) is 17.0. The number of halogens is 1. The number of nitrogens with one attached hydrogen (secondary N) is 1. The number of carbonyl (C=O) groups excluding carboxylic acids is 1. The van der Waals surface area contributed by atoms with Gasteiger partial charge >= 0.3 is 0 Å². The number of para-hydroxylation sites is 1. The van der Waals surface area contributed by atoms with Gasteiger partial charge in [0.25, 0.3) is 5.91 Å². The summed E-state index contributed by atoms with van der Waals surface area (Å²) >= 11 is 4.82. The van der Waals surface area contributed by atoms with Crippen molar-refractivity contribution in [2.45, 2.75) is 0 Å². The van der Waals surface area contributed by atoms with Crippen LogP contribution in [0.5, 0.6) is 11.5 Å². The predicted octanol–water partition coefficient (Wildman–Crippen LogP) is 6.62. The van der Waals surface area contributed by atoms with E-state index in [1.54, 1.807) is 24.3 Å². The molecule has 0 radical (unpaired) electrons. The Labute approximate surface area is 175 Å². The van der Waals surface area contributed by atoms with Crippen LogP contribution in [0, 0.1) is 0 Å². The maximum Gasteiger partial charge on any atom is 0.257 e. The molecule has 6 heteroatoms. The quantitative estimate of drug-likeness (QED) is 0.371. The second-order valence-corrected chi connectivity index (χ2v) is 7.71. The zero-order chi connectivity index (χ0) is 19.3. The van der Waals surface area contributed by atoms with E-state index >= 15 is 0 Å². The lowest BCUT2D eigenvalue weighted by Gasteiger charge is -2.06. The van der Waals surface area contributed by atoms with Gasteiger partial charge in [0.05, 0.1) is 5.69 Å². The van der Waals surface area contributed by atoms with Gasteiger partial charge < -0.3 is 4.74 Å². The number of hydrogen-bond donors (Lipinski definition) is 1. The monoisotopic (exact) mass is 450 g/mol. The van der Waals surface area contributed by atoms with Crippen molar-refractivity contribution in [3.63, 3.8) is 0 Å². The van der Waals surface area contributed by atoms with Crippen LogP contribution in [-0.2, 0) is 0 Å². The highest BCUT2D eigenvalue weighted by molar-refractivity contribution is 9.10. The number of rotatable bonds is 5. The summed E-state index contributed by atoms with van der Waals surface area (Å²) < 4.78 is 6.76. The molecule has 3 aromatic carbocycles. The molecule has 0 aliphatic heterocycles. The molecule has 0 aliphatic carbocycles. The summed E-state index contributed by atoms with van der Waals surface area (Å²) in [5, 5.41) is 5.34. The molecule has 1 amide bonds. The van der Waals surface area contributed by atoms with Crippen LogP contribution < -0.4 is 10.1 Å². The fourth-order valence-electron chi connectivity index (χ4n) is 2.55. The Morgan fingerprint density at radius 2 is 1.57 bits per heavy atom.